The SMILES string of the molecule is CCCCC[SiH]1CCC(/C=C/C#CC2CCC(c3ccc(F)cc3)CC2)CC1. The van der Waals surface area contributed by atoms with Crippen LogP contribution in [-0.2, 0) is 0 Å². The minimum absolute atomic E-state index is 0.137. The van der Waals surface area contributed by atoms with Crippen molar-refractivity contribution in [1.29, 1.82) is 0 Å². The molecule has 1 aliphatic heterocycles. The molecule has 3 rings (SSSR count). The van der Waals surface area contributed by atoms with Gasteiger partial charge in [-0.15, -0.1) is 0 Å². The first-order chi connectivity index (χ1) is 13.7. The molecule has 0 unspecified atom stereocenters. The summed E-state index contributed by atoms with van der Waals surface area (Å²) >= 11 is 0. The van der Waals surface area contributed by atoms with Gasteiger partial charge in [-0.2, -0.15) is 0 Å². The Balaban J connectivity index is 1.35. The summed E-state index contributed by atoms with van der Waals surface area (Å²) in [5, 5.41) is 0. The van der Waals surface area contributed by atoms with Crippen molar-refractivity contribution in [3.05, 3.63) is 47.8 Å². The van der Waals surface area contributed by atoms with Crippen LogP contribution in [0.15, 0.2) is 36.4 Å². The van der Waals surface area contributed by atoms with Crippen molar-refractivity contribution in [2.75, 3.05) is 0 Å². The molecule has 0 radical (unpaired) electrons. The van der Waals surface area contributed by atoms with Crippen molar-refractivity contribution in [2.24, 2.45) is 11.8 Å². The van der Waals surface area contributed by atoms with Crippen LogP contribution in [0.5, 0.6) is 0 Å². The molecular weight excluding hydrogens is 359 g/mol. The van der Waals surface area contributed by atoms with Gasteiger partial charge in [-0.05, 0) is 74.1 Å². The van der Waals surface area contributed by atoms with Gasteiger partial charge in [0.1, 0.15) is 5.82 Å². The minimum atomic E-state index is -0.386. The summed E-state index contributed by atoms with van der Waals surface area (Å²) in [5.41, 5.74) is 1.29. The first-order valence-corrected chi connectivity index (χ1v) is 14.1. The van der Waals surface area contributed by atoms with Crippen LogP contribution in [0.4, 0.5) is 4.39 Å². The maximum absolute atomic E-state index is 13.1. The molecule has 1 aromatic rings. The Morgan fingerprint density at radius 2 is 1.71 bits per heavy atom. The number of hydrogen-bond donors (Lipinski definition) is 0. The summed E-state index contributed by atoms with van der Waals surface area (Å²) in [6.07, 6.45) is 16.4. The molecule has 0 spiro atoms. The molecule has 152 valence electrons. The monoisotopic (exact) mass is 396 g/mol. The van der Waals surface area contributed by atoms with Crippen molar-refractivity contribution in [3.63, 3.8) is 0 Å². The molecule has 28 heavy (non-hydrogen) atoms. The van der Waals surface area contributed by atoms with Gasteiger partial charge in [0, 0.05) is 14.7 Å². The second-order valence-electron chi connectivity index (χ2n) is 9.02. The predicted molar refractivity (Wildman–Crippen MR) is 122 cm³/mol. The fourth-order valence-corrected chi connectivity index (χ4v) is 8.54. The number of rotatable bonds is 6. The van der Waals surface area contributed by atoms with Crippen molar-refractivity contribution in [1.82, 2.24) is 0 Å². The summed E-state index contributed by atoms with van der Waals surface area (Å²) < 4.78 is 13.1. The zero-order valence-electron chi connectivity index (χ0n) is 17.6. The molecule has 0 N–H and O–H groups in total. The van der Waals surface area contributed by atoms with Crippen LogP contribution in [0.1, 0.15) is 76.2 Å². The molecule has 2 aliphatic rings. The van der Waals surface area contributed by atoms with Crippen LogP contribution in [-0.4, -0.2) is 8.80 Å². The van der Waals surface area contributed by atoms with E-state index >= 15 is 0 Å². The van der Waals surface area contributed by atoms with Gasteiger partial charge in [-0.3, -0.25) is 0 Å². The molecule has 0 bridgehead atoms. The van der Waals surface area contributed by atoms with E-state index in [1.54, 1.807) is 30.3 Å². The third-order valence-electron chi connectivity index (χ3n) is 6.92. The lowest BCUT2D eigenvalue weighted by atomic mass is 9.79. The summed E-state index contributed by atoms with van der Waals surface area (Å²) in [5.74, 6) is 8.63. The summed E-state index contributed by atoms with van der Waals surface area (Å²) in [6.45, 7) is 2.31. The third-order valence-corrected chi connectivity index (χ3v) is 10.4. The first kappa shape index (κ1) is 21.4. The van der Waals surface area contributed by atoms with Gasteiger partial charge in [0.2, 0.25) is 0 Å². The lowest BCUT2D eigenvalue weighted by Crippen LogP contribution is -2.20. The van der Waals surface area contributed by atoms with Crippen LogP contribution >= 0.6 is 0 Å². The number of unbranched alkanes of at least 4 members (excludes halogenated alkanes) is 2. The van der Waals surface area contributed by atoms with E-state index in [9.17, 15) is 4.39 Å². The van der Waals surface area contributed by atoms with Gasteiger partial charge in [-0.25, -0.2) is 4.39 Å². The smallest absolute Gasteiger partial charge is 0.123 e. The summed E-state index contributed by atoms with van der Waals surface area (Å²) in [4.78, 5) is 0. The normalized spacial score (nSPS) is 28.1. The van der Waals surface area contributed by atoms with Crippen LogP contribution < -0.4 is 0 Å². The van der Waals surface area contributed by atoms with Gasteiger partial charge in [0.05, 0.1) is 0 Å². The highest BCUT2D eigenvalue weighted by Crippen LogP contribution is 2.35. The largest absolute Gasteiger partial charge is 0.207 e. The van der Waals surface area contributed by atoms with E-state index in [1.807, 2.05) is 12.1 Å². The number of allylic oxidation sites excluding steroid dienone is 2. The molecule has 0 atom stereocenters. The highest BCUT2D eigenvalue weighted by molar-refractivity contribution is 6.58. The van der Waals surface area contributed by atoms with E-state index in [4.69, 9.17) is 0 Å². The Morgan fingerprint density at radius 1 is 1.00 bits per heavy atom. The van der Waals surface area contributed by atoms with Gasteiger partial charge < -0.3 is 0 Å². The Morgan fingerprint density at radius 3 is 2.39 bits per heavy atom. The molecule has 0 aromatic heterocycles. The highest BCUT2D eigenvalue weighted by atomic mass is 28.3. The number of halogens is 1. The molecule has 0 nitrogen and oxygen atoms in total. The zero-order chi connectivity index (χ0) is 19.6. The molecule has 1 heterocycles. The van der Waals surface area contributed by atoms with Crippen LogP contribution in [0.2, 0.25) is 18.1 Å². The van der Waals surface area contributed by atoms with E-state index in [-0.39, 0.29) is 14.6 Å². The van der Waals surface area contributed by atoms with E-state index < -0.39 is 0 Å². The minimum Gasteiger partial charge on any atom is -0.207 e. The quantitative estimate of drug-likeness (QED) is 0.265. The number of hydrogen-bond acceptors (Lipinski definition) is 0. The van der Waals surface area contributed by atoms with E-state index in [0.717, 1.165) is 5.92 Å². The van der Waals surface area contributed by atoms with E-state index in [2.05, 4.69) is 30.9 Å². The van der Waals surface area contributed by atoms with Gasteiger partial charge in [0.25, 0.3) is 0 Å². The number of benzene rings is 1. The van der Waals surface area contributed by atoms with Crippen molar-refractivity contribution in [2.45, 2.75) is 88.8 Å². The Bertz CT molecular complexity index is 650. The van der Waals surface area contributed by atoms with Crippen molar-refractivity contribution in [3.8, 4) is 11.8 Å². The van der Waals surface area contributed by atoms with E-state index in [0.29, 0.717) is 11.8 Å². The van der Waals surface area contributed by atoms with Gasteiger partial charge >= 0.3 is 0 Å². The first-order valence-electron chi connectivity index (χ1n) is 11.7. The lowest BCUT2D eigenvalue weighted by Gasteiger charge is -2.26. The fourth-order valence-electron chi connectivity index (χ4n) is 5.01. The maximum Gasteiger partial charge on any atom is 0.123 e. The molecular formula is C26H37FSi. The molecule has 0 amide bonds. The Labute approximate surface area is 173 Å². The fraction of sp³-hybridized carbons (Fsp3) is 0.615. The molecule has 1 aromatic carbocycles. The molecule has 1 saturated carbocycles. The van der Waals surface area contributed by atoms with Crippen LogP contribution in [0, 0.1) is 29.5 Å². The standard InChI is InChI=1S/C26H37FSi/c1-2-3-6-19-28-20-17-23(18-21-28)8-5-4-7-22-9-11-24(12-10-22)25-13-15-26(27)16-14-25/h5,8,13-16,22-24,28H,2-3,6,9-12,17-21H2,1H3/b8-5+. The topological polar surface area (TPSA) is 0 Å². The average molecular weight is 397 g/mol. The summed E-state index contributed by atoms with van der Waals surface area (Å²) in [7, 11) is -0.386. The lowest BCUT2D eigenvalue weighted by molar-refractivity contribution is 0.384. The Kier molecular flexibility index (Phi) is 8.87. The van der Waals surface area contributed by atoms with Crippen molar-refractivity contribution < 1.29 is 4.39 Å². The summed E-state index contributed by atoms with van der Waals surface area (Å²) in [6, 6.07) is 11.8. The Hall–Kier alpha value is -1.33. The zero-order valence-corrected chi connectivity index (χ0v) is 18.8. The molecule has 1 saturated heterocycles. The molecule has 2 heteroatoms. The molecule has 1 aliphatic carbocycles. The third kappa shape index (κ3) is 6.93. The maximum atomic E-state index is 13.1. The highest BCUT2D eigenvalue weighted by Gasteiger charge is 2.21. The van der Waals surface area contributed by atoms with Crippen LogP contribution in [0.3, 0.4) is 0 Å². The second-order valence-corrected chi connectivity index (χ2v) is 12.5. The van der Waals surface area contributed by atoms with Crippen molar-refractivity contribution >= 4 is 8.80 Å². The predicted octanol–water partition coefficient (Wildman–Crippen LogP) is 7.49. The second kappa shape index (κ2) is 11.6. The van der Waals surface area contributed by atoms with Crippen LogP contribution in [0.25, 0.3) is 0 Å². The van der Waals surface area contributed by atoms with Gasteiger partial charge in [0.15, 0.2) is 0 Å². The average Bonchev–Trinajstić information content (AvgIpc) is 2.73. The van der Waals surface area contributed by atoms with E-state index in [1.165, 1.54) is 63.4 Å². The molecule has 2 fully saturated rings. The van der Waals surface area contributed by atoms with Gasteiger partial charge in [-0.1, -0.05) is 74.4 Å².